The third kappa shape index (κ3) is 4.38. The van der Waals surface area contributed by atoms with Crippen molar-refractivity contribution >= 4 is 0 Å². The third-order valence-electron chi connectivity index (χ3n) is 2.30. The van der Waals surface area contributed by atoms with Crippen molar-refractivity contribution in [3.63, 3.8) is 0 Å². The summed E-state index contributed by atoms with van der Waals surface area (Å²) in [4.78, 5) is 2.65. The summed E-state index contributed by atoms with van der Waals surface area (Å²) in [7, 11) is 1.55. The predicted octanol–water partition coefficient (Wildman–Crippen LogP) is 2.82. The molecule has 0 aliphatic heterocycles. The molecule has 0 heterocycles. The zero-order valence-corrected chi connectivity index (χ0v) is 10.2. The maximum absolute atomic E-state index is 9.90. The lowest BCUT2D eigenvalue weighted by Crippen LogP contribution is -1.97. The van der Waals surface area contributed by atoms with Crippen LogP contribution in [0.25, 0.3) is 10.4 Å². The Morgan fingerprint density at radius 3 is 3.00 bits per heavy atom. The SMILES string of the molecule is COc1ccccc1C(O)C#CCCCN=[N+]=[N-]. The normalized spacial score (nSPS) is 10.8. The molecule has 0 bridgehead atoms. The number of methoxy groups -OCH3 is 1. The second-order valence-corrected chi connectivity index (χ2v) is 3.52. The molecule has 1 aromatic rings. The number of rotatable bonds is 5. The molecule has 18 heavy (non-hydrogen) atoms. The van der Waals surface area contributed by atoms with E-state index in [1.807, 2.05) is 12.1 Å². The Bertz CT molecular complexity index is 484. The van der Waals surface area contributed by atoms with E-state index in [0.717, 1.165) is 0 Å². The van der Waals surface area contributed by atoms with Crippen LogP contribution >= 0.6 is 0 Å². The monoisotopic (exact) mass is 245 g/mol. The number of aliphatic hydroxyl groups is 1. The Morgan fingerprint density at radius 1 is 1.50 bits per heavy atom. The summed E-state index contributed by atoms with van der Waals surface area (Å²) < 4.78 is 5.14. The van der Waals surface area contributed by atoms with E-state index in [9.17, 15) is 5.11 Å². The number of nitrogens with zero attached hydrogens (tertiary/aromatic N) is 3. The van der Waals surface area contributed by atoms with Crippen LogP contribution in [0.1, 0.15) is 24.5 Å². The summed E-state index contributed by atoms with van der Waals surface area (Å²) in [5, 5.41) is 13.3. The van der Waals surface area contributed by atoms with E-state index in [2.05, 4.69) is 21.9 Å². The number of benzene rings is 1. The molecule has 0 aliphatic rings. The van der Waals surface area contributed by atoms with Gasteiger partial charge in [0.1, 0.15) is 11.9 Å². The van der Waals surface area contributed by atoms with Crippen LogP contribution in [-0.4, -0.2) is 18.8 Å². The molecular weight excluding hydrogens is 230 g/mol. The van der Waals surface area contributed by atoms with E-state index in [0.29, 0.717) is 30.7 Å². The van der Waals surface area contributed by atoms with Crippen LogP contribution in [0.15, 0.2) is 29.4 Å². The van der Waals surface area contributed by atoms with Gasteiger partial charge in [0, 0.05) is 23.4 Å². The Kier molecular flexibility index (Phi) is 6.20. The summed E-state index contributed by atoms with van der Waals surface area (Å²) >= 11 is 0. The van der Waals surface area contributed by atoms with Crippen molar-refractivity contribution in [2.45, 2.75) is 18.9 Å². The van der Waals surface area contributed by atoms with Crippen molar-refractivity contribution < 1.29 is 9.84 Å². The minimum atomic E-state index is -0.861. The van der Waals surface area contributed by atoms with E-state index in [1.165, 1.54) is 0 Å². The quantitative estimate of drug-likeness (QED) is 0.284. The average Bonchev–Trinajstić information content (AvgIpc) is 2.42. The van der Waals surface area contributed by atoms with Gasteiger partial charge in [-0.3, -0.25) is 0 Å². The lowest BCUT2D eigenvalue weighted by Gasteiger charge is -2.09. The van der Waals surface area contributed by atoms with Gasteiger partial charge in [0.2, 0.25) is 0 Å². The number of unbranched alkanes of at least 4 members (excludes halogenated alkanes) is 1. The molecule has 1 aromatic carbocycles. The van der Waals surface area contributed by atoms with Crippen molar-refractivity contribution in [1.29, 1.82) is 0 Å². The van der Waals surface area contributed by atoms with Crippen LogP contribution in [0.2, 0.25) is 0 Å². The minimum absolute atomic E-state index is 0.427. The first kappa shape index (κ1) is 13.9. The van der Waals surface area contributed by atoms with Crippen molar-refractivity contribution in [2.75, 3.05) is 13.7 Å². The van der Waals surface area contributed by atoms with Gasteiger partial charge >= 0.3 is 0 Å². The standard InChI is InChI=1S/C13H15N3O2/c1-18-13-9-5-4-7-11(13)12(17)8-3-2-6-10-15-16-14/h4-5,7,9,12,17H,2,6,10H2,1H3. The second-order valence-electron chi connectivity index (χ2n) is 3.52. The largest absolute Gasteiger partial charge is 0.496 e. The Balaban J connectivity index is 2.56. The van der Waals surface area contributed by atoms with Crippen molar-refractivity contribution in [3.8, 4) is 17.6 Å². The number of hydrogen-bond acceptors (Lipinski definition) is 3. The first-order chi connectivity index (χ1) is 8.79. The Morgan fingerprint density at radius 2 is 2.28 bits per heavy atom. The van der Waals surface area contributed by atoms with Gasteiger partial charge in [-0.05, 0) is 18.0 Å². The van der Waals surface area contributed by atoms with Gasteiger partial charge in [-0.15, -0.1) is 5.92 Å². The van der Waals surface area contributed by atoms with Crippen LogP contribution in [-0.2, 0) is 0 Å². The van der Waals surface area contributed by atoms with E-state index in [-0.39, 0.29) is 0 Å². The van der Waals surface area contributed by atoms with Gasteiger partial charge in [0.25, 0.3) is 0 Å². The van der Waals surface area contributed by atoms with Crippen LogP contribution in [0.3, 0.4) is 0 Å². The molecule has 1 atom stereocenters. The van der Waals surface area contributed by atoms with Crippen molar-refractivity contribution in [3.05, 3.63) is 40.3 Å². The molecule has 0 fully saturated rings. The first-order valence-electron chi connectivity index (χ1n) is 5.60. The molecule has 94 valence electrons. The average molecular weight is 245 g/mol. The number of hydrogen-bond donors (Lipinski definition) is 1. The molecular formula is C13H15N3O2. The summed E-state index contributed by atoms with van der Waals surface area (Å²) in [6.07, 6.45) is 0.418. The fourth-order valence-corrected chi connectivity index (χ4v) is 1.42. The van der Waals surface area contributed by atoms with Gasteiger partial charge in [0.15, 0.2) is 0 Å². The van der Waals surface area contributed by atoms with Gasteiger partial charge in [-0.1, -0.05) is 29.2 Å². The zero-order chi connectivity index (χ0) is 13.2. The third-order valence-corrected chi connectivity index (χ3v) is 2.30. The molecule has 1 unspecified atom stereocenters. The summed E-state index contributed by atoms with van der Waals surface area (Å²) in [6.45, 7) is 0.427. The number of azide groups is 1. The summed E-state index contributed by atoms with van der Waals surface area (Å²) in [5.41, 5.74) is 8.74. The van der Waals surface area contributed by atoms with Crippen LogP contribution in [0.5, 0.6) is 5.75 Å². The number of aliphatic hydroxyl groups excluding tert-OH is 1. The lowest BCUT2D eigenvalue weighted by atomic mass is 10.1. The van der Waals surface area contributed by atoms with E-state index in [4.69, 9.17) is 10.3 Å². The molecule has 0 radical (unpaired) electrons. The maximum atomic E-state index is 9.90. The van der Waals surface area contributed by atoms with E-state index < -0.39 is 6.10 Å². The van der Waals surface area contributed by atoms with Gasteiger partial charge in [-0.2, -0.15) is 0 Å². The highest BCUT2D eigenvalue weighted by atomic mass is 16.5. The lowest BCUT2D eigenvalue weighted by molar-refractivity contribution is 0.232. The number of ether oxygens (including phenoxy) is 1. The topological polar surface area (TPSA) is 78.2 Å². The molecule has 0 aromatic heterocycles. The molecule has 1 N–H and O–H groups in total. The van der Waals surface area contributed by atoms with E-state index in [1.54, 1.807) is 19.2 Å². The zero-order valence-electron chi connectivity index (χ0n) is 10.2. The van der Waals surface area contributed by atoms with Crippen LogP contribution in [0.4, 0.5) is 0 Å². The fourth-order valence-electron chi connectivity index (χ4n) is 1.42. The van der Waals surface area contributed by atoms with Crippen LogP contribution < -0.4 is 4.74 Å². The molecule has 1 rings (SSSR count). The van der Waals surface area contributed by atoms with Gasteiger partial charge < -0.3 is 9.84 Å². The minimum Gasteiger partial charge on any atom is -0.496 e. The molecule has 0 amide bonds. The van der Waals surface area contributed by atoms with Crippen LogP contribution in [0, 0.1) is 11.8 Å². The summed E-state index contributed by atoms with van der Waals surface area (Å²) in [5.74, 6) is 6.22. The molecule has 0 saturated heterocycles. The van der Waals surface area contributed by atoms with Gasteiger partial charge in [0.05, 0.1) is 7.11 Å². The fraction of sp³-hybridized carbons (Fsp3) is 0.385. The van der Waals surface area contributed by atoms with Crippen molar-refractivity contribution in [2.24, 2.45) is 5.11 Å². The molecule has 5 nitrogen and oxygen atoms in total. The smallest absolute Gasteiger partial charge is 0.143 e. The number of para-hydroxylation sites is 1. The summed E-state index contributed by atoms with van der Waals surface area (Å²) in [6, 6.07) is 7.22. The predicted molar refractivity (Wildman–Crippen MR) is 69.0 cm³/mol. The first-order valence-corrected chi connectivity index (χ1v) is 5.60. The van der Waals surface area contributed by atoms with Crippen molar-refractivity contribution in [1.82, 2.24) is 0 Å². The van der Waals surface area contributed by atoms with E-state index >= 15 is 0 Å². The highest BCUT2D eigenvalue weighted by molar-refractivity contribution is 5.38. The highest BCUT2D eigenvalue weighted by Crippen LogP contribution is 2.23. The Hall–Kier alpha value is -2.15. The second kappa shape index (κ2) is 8.02. The molecule has 0 aliphatic carbocycles. The molecule has 0 saturated carbocycles. The van der Waals surface area contributed by atoms with Gasteiger partial charge in [-0.25, -0.2) is 0 Å². The highest BCUT2D eigenvalue weighted by Gasteiger charge is 2.08. The molecule has 0 spiro atoms. The maximum Gasteiger partial charge on any atom is 0.143 e. The molecule has 5 heteroatoms. The Labute approximate surface area is 106 Å².